The highest BCUT2D eigenvalue weighted by molar-refractivity contribution is 5.13. The Morgan fingerprint density at radius 3 is 2.61 bits per heavy atom. The van der Waals surface area contributed by atoms with Crippen LogP contribution < -0.4 is 0 Å². The Labute approximate surface area is 136 Å². The van der Waals surface area contributed by atoms with Crippen molar-refractivity contribution < 1.29 is 28.8 Å². The number of methoxy groups -OCH3 is 1. The van der Waals surface area contributed by atoms with Gasteiger partial charge in [0.25, 0.3) is 0 Å². The lowest BCUT2D eigenvalue weighted by Crippen LogP contribution is -2.42. The highest BCUT2D eigenvalue weighted by atomic mass is 16.8. The predicted molar refractivity (Wildman–Crippen MR) is 81.6 cm³/mol. The number of ether oxygens (including phenoxy) is 5. The van der Waals surface area contributed by atoms with E-state index in [1.165, 1.54) is 7.11 Å². The number of benzene rings is 1. The first-order valence-corrected chi connectivity index (χ1v) is 7.84. The van der Waals surface area contributed by atoms with Gasteiger partial charge in [-0.15, -0.1) is 0 Å². The minimum atomic E-state index is -0.874. The van der Waals surface area contributed by atoms with Crippen molar-refractivity contribution >= 4 is 0 Å². The SMILES string of the molecule is COC1O[C@H]([C@H]2COC(C)(C)O2)[C@H](OCc2ccccc2)[C@H]1O. The van der Waals surface area contributed by atoms with Crippen molar-refractivity contribution in [3.05, 3.63) is 35.9 Å². The third-order valence-electron chi connectivity index (χ3n) is 4.14. The minimum absolute atomic E-state index is 0.305. The van der Waals surface area contributed by atoms with E-state index in [0.29, 0.717) is 13.2 Å². The first-order valence-electron chi connectivity index (χ1n) is 7.84. The van der Waals surface area contributed by atoms with Gasteiger partial charge in [0, 0.05) is 7.11 Å². The minimum Gasteiger partial charge on any atom is -0.385 e. The molecule has 6 heteroatoms. The number of rotatable bonds is 5. The van der Waals surface area contributed by atoms with Crippen molar-refractivity contribution in [1.82, 2.24) is 0 Å². The summed E-state index contributed by atoms with van der Waals surface area (Å²) < 4.78 is 28.4. The zero-order chi connectivity index (χ0) is 16.4. The van der Waals surface area contributed by atoms with Crippen LogP contribution >= 0.6 is 0 Å². The van der Waals surface area contributed by atoms with Crippen LogP contribution in [0.1, 0.15) is 19.4 Å². The average Bonchev–Trinajstić information content (AvgIpc) is 3.06. The molecular weight excluding hydrogens is 300 g/mol. The molecule has 128 valence electrons. The molecule has 0 amide bonds. The maximum atomic E-state index is 10.4. The second-order valence-electron chi connectivity index (χ2n) is 6.32. The van der Waals surface area contributed by atoms with E-state index < -0.39 is 30.4 Å². The molecule has 5 atom stereocenters. The molecule has 0 saturated carbocycles. The molecule has 1 aromatic carbocycles. The van der Waals surface area contributed by atoms with Crippen LogP contribution in [-0.4, -0.2) is 55.3 Å². The third-order valence-corrected chi connectivity index (χ3v) is 4.14. The predicted octanol–water partition coefficient (Wildman–Crippen LogP) is 1.46. The van der Waals surface area contributed by atoms with Gasteiger partial charge in [-0.1, -0.05) is 30.3 Å². The maximum absolute atomic E-state index is 10.4. The van der Waals surface area contributed by atoms with Crippen molar-refractivity contribution in [3.63, 3.8) is 0 Å². The molecule has 2 fully saturated rings. The summed E-state index contributed by atoms with van der Waals surface area (Å²) in [6.45, 7) is 4.49. The van der Waals surface area contributed by atoms with Crippen LogP contribution in [0.4, 0.5) is 0 Å². The Bertz CT molecular complexity index is 505. The fourth-order valence-corrected chi connectivity index (χ4v) is 2.99. The topological polar surface area (TPSA) is 66.4 Å². The summed E-state index contributed by atoms with van der Waals surface area (Å²) in [5.74, 6) is -0.659. The summed E-state index contributed by atoms with van der Waals surface area (Å²) in [6.07, 6.45) is -2.89. The molecule has 1 aromatic rings. The highest BCUT2D eigenvalue weighted by Gasteiger charge is 2.51. The van der Waals surface area contributed by atoms with Crippen LogP contribution in [0.2, 0.25) is 0 Å². The van der Waals surface area contributed by atoms with Gasteiger partial charge >= 0.3 is 0 Å². The summed E-state index contributed by atoms with van der Waals surface area (Å²) in [6, 6.07) is 9.80. The largest absolute Gasteiger partial charge is 0.385 e. The van der Waals surface area contributed by atoms with Gasteiger partial charge < -0.3 is 28.8 Å². The van der Waals surface area contributed by atoms with Crippen LogP contribution in [-0.2, 0) is 30.3 Å². The molecule has 1 unspecified atom stereocenters. The van der Waals surface area contributed by atoms with E-state index >= 15 is 0 Å². The molecule has 0 radical (unpaired) electrons. The fourth-order valence-electron chi connectivity index (χ4n) is 2.99. The molecule has 0 aliphatic carbocycles. The first-order chi connectivity index (χ1) is 11.0. The molecule has 2 aliphatic rings. The van der Waals surface area contributed by atoms with Crippen molar-refractivity contribution in [2.24, 2.45) is 0 Å². The summed E-state index contributed by atoms with van der Waals surface area (Å²) in [4.78, 5) is 0. The summed E-state index contributed by atoms with van der Waals surface area (Å²) in [5, 5.41) is 10.4. The molecule has 2 heterocycles. The molecule has 2 aliphatic heterocycles. The summed E-state index contributed by atoms with van der Waals surface area (Å²) >= 11 is 0. The van der Waals surface area contributed by atoms with Crippen LogP contribution in [0, 0.1) is 0 Å². The molecule has 6 nitrogen and oxygen atoms in total. The highest BCUT2D eigenvalue weighted by Crippen LogP contribution is 2.34. The maximum Gasteiger partial charge on any atom is 0.186 e. The third kappa shape index (κ3) is 3.74. The van der Waals surface area contributed by atoms with Gasteiger partial charge in [-0.25, -0.2) is 0 Å². The fraction of sp³-hybridized carbons (Fsp3) is 0.647. The summed E-state index contributed by atoms with van der Waals surface area (Å²) in [5.41, 5.74) is 1.03. The van der Waals surface area contributed by atoms with Crippen LogP contribution in [0.15, 0.2) is 30.3 Å². The number of hydrogen-bond donors (Lipinski definition) is 1. The second-order valence-corrected chi connectivity index (χ2v) is 6.32. The molecule has 0 bridgehead atoms. The molecule has 23 heavy (non-hydrogen) atoms. The Kier molecular flexibility index (Phi) is 5.01. The first kappa shape index (κ1) is 16.8. The Morgan fingerprint density at radius 2 is 2.00 bits per heavy atom. The summed E-state index contributed by atoms with van der Waals surface area (Å²) in [7, 11) is 1.50. The van der Waals surface area contributed by atoms with Crippen LogP contribution in [0.3, 0.4) is 0 Å². The van der Waals surface area contributed by atoms with Gasteiger partial charge in [0.2, 0.25) is 0 Å². The van der Waals surface area contributed by atoms with Gasteiger partial charge in [0.1, 0.15) is 24.4 Å². The lowest BCUT2D eigenvalue weighted by molar-refractivity contribution is -0.186. The van der Waals surface area contributed by atoms with Gasteiger partial charge in [-0.05, 0) is 19.4 Å². The average molecular weight is 324 g/mol. The lowest BCUT2D eigenvalue weighted by atomic mass is 10.1. The Morgan fingerprint density at radius 1 is 1.26 bits per heavy atom. The molecule has 0 spiro atoms. The van der Waals surface area contributed by atoms with Crippen molar-refractivity contribution in [2.75, 3.05) is 13.7 Å². The lowest BCUT2D eigenvalue weighted by Gasteiger charge is -2.25. The van der Waals surface area contributed by atoms with E-state index in [9.17, 15) is 5.11 Å². The molecule has 2 saturated heterocycles. The second kappa shape index (κ2) is 6.84. The van der Waals surface area contributed by atoms with E-state index in [2.05, 4.69) is 0 Å². The Balaban J connectivity index is 1.69. The molecular formula is C17H24O6. The van der Waals surface area contributed by atoms with Gasteiger partial charge in [0.05, 0.1) is 13.2 Å². The number of aliphatic hydroxyl groups is 1. The standard InChI is InChI=1S/C17H24O6/c1-17(2)21-10-12(23-17)14-15(13(18)16(19-3)22-14)20-9-11-7-5-4-6-8-11/h4-8,12-16,18H,9-10H2,1-3H3/t12-,13-,14-,15-,16?/m1/s1. The van der Waals surface area contributed by atoms with Crippen LogP contribution in [0.25, 0.3) is 0 Å². The van der Waals surface area contributed by atoms with E-state index in [-0.39, 0.29) is 6.10 Å². The number of aliphatic hydroxyl groups excluding tert-OH is 1. The Hall–Kier alpha value is -1.02. The normalized spacial score (nSPS) is 36.4. The van der Waals surface area contributed by atoms with Gasteiger partial charge in [-0.3, -0.25) is 0 Å². The quantitative estimate of drug-likeness (QED) is 0.884. The smallest absolute Gasteiger partial charge is 0.186 e. The van der Waals surface area contributed by atoms with Crippen LogP contribution in [0.5, 0.6) is 0 Å². The van der Waals surface area contributed by atoms with Crippen molar-refractivity contribution in [2.45, 2.75) is 56.9 Å². The number of hydrogen-bond acceptors (Lipinski definition) is 6. The molecule has 0 aromatic heterocycles. The van der Waals surface area contributed by atoms with Crippen molar-refractivity contribution in [3.8, 4) is 0 Å². The monoisotopic (exact) mass is 324 g/mol. The zero-order valence-corrected chi connectivity index (χ0v) is 13.7. The van der Waals surface area contributed by atoms with Gasteiger partial charge in [-0.2, -0.15) is 0 Å². The van der Waals surface area contributed by atoms with E-state index in [4.69, 9.17) is 23.7 Å². The van der Waals surface area contributed by atoms with E-state index in [0.717, 1.165) is 5.56 Å². The van der Waals surface area contributed by atoms with Crippen molar-refractivity contribution in [1.29, 1.82) is 0 Å². The van der Waals surface area contributed by atoms with Gasteiger partial charge in [0.15, 0.2) is 12.1 Å². The molecule has 1 N–H and O–H groups in total. The molecule has 3 rings (SSSR count). The van der Waals surface area contributed by atoms with E-state index in [1.54, 1.807) is 0 Å². The van der Waals surface area contributed by atoms with E-state index in [1.807, 2.05) is 44.2 Å². The zero-order valence-electron chi connectivity index (χ0n) is 13.7.